The summed E-state index contributed by atoms with van der Waals surface area (Å²) in [6, 6.07) is 2.42. The first-order valence-electron chi connectivity index (χ1n) is 13.2. The zero-order valence-corrected chi connectivity index (χ0v) is 22.7. The summed E-state index contributed by atoms with van der Waals surface area (Å²) in [6.45, 7) is 8.68. The number of halogens is 2. The topological polar surface area (TPSA) is 98.2 Å². The van der Waals surface area contributed by atoms with E-state index in [1.54, 1.807) is 25.7 Å². The van der Waals surface area contributed by atoms with Crippen molar-refractivity contribution in [3.8, 4) is 0 Å². The predicted octanol–water partition coefficient (Wildman–Crippen LogP) is 2.91. The number of ether oxygens (including phenoxy) is 3. The van der Waals surface area contributed by atoms with Crippen molar-refractivity contribution in [1.82, 2.24) is 24.7 Å². The third-order valence-electron chi connectivity index (χ3n) is 7.33. The number of nitrogens with zero attached hydrogens (tertiary/aromatic N) is 4. The number of nitrogens with one attached hydrogen (secondary N) is 1. The third-order valence-corrected chi connectivity index (χ3v) is 7.33. The second-order valence-electron chi connectivity index (χ2n) is 11.3. The fourth-order valence-electron chi connectivity index (χ4n) is 5.41. The number of rotatable bonds is 4. The van der Waals surface area contributed by atoms with Gasteiger partial charge in [-0.1, -0.05) is 0 Å². The SMILES string of the molecule is Cn1c(C(=O)N2CCOCC2)nc2c1CN([C@H]1CO[C@H](c3cc(F)ccc3F)[C@@H](NC(=O)OC(C)(C)C)C1)C2. The van der Waals surface area contributed by atoms with Crippen molar-refractivity contribution in [2.75, 3.05) is 32.9 Å². The smallest absolute Gasteiger partial charge is 0.407 e. The van der Waals surface area contributed by atoms with Crippen molar-refractivity contribution < 1.29 is 32.6 Å². The van der Waals surface area contributed by atoms with Crippen molar-refractivity contribution in [2.45, 2.75) is 64.1 Å². The van der Waals surface area contributed by atoms with Gasteiger partial charge in [-0.05, 0) is 45.4 Å². The molecule has 2 fully saturated rings. The van der Waals surface area contributed by atoms with E-state index in [0.29, 0.717) is 51.6 Å². The van der Waals surface area contributed by atoms with Crippen LogP contribution in [0.15, 0.2) is 18.2 Å². The molecular weight excluding hydrogens is 512 g/mol. The molecule has 0 unspecified atom stereocenters. The molecule has 39 heavy (non-hydrogen) atoms. The lowest BCUT2D eigenvalue weighted by molar-refractivity contribution is -0.0630. The normalized spacial score (nSPS) is 23.9. The first-order chi connectivity index (χ1) is 18.5. The molecule has 1 aromatic carbocycles. The molecule has 1 N–H and O–H groups in total. The molecule has 4 heterocycles. The summed E-state index contributed by atoms with van der Waals surface area (Å²) >= 11 is 0. The summed E-state index contributed by atoms with van der Waals surface area (Å²) in [6.07, 6.45) is -1.12. The third kappa shape index (κ3) is 5.92. The van der Waals surface area contributed by atoms with E-state index in [1.165, 1.54) is 0 Å². The first kappa shape index (κ1) is 27.5. The van der Waals surface area contributed by atoms with E-state index in [0.717, 1.165) is 29.6 Å². The highest BCUT2D eigenvalue weighted by molar-refractivity contribution is 5.91. The molecule has 2 aromatic rings. The van der Waals surface area contributed by atoms with Gasteiger partial charge in [0, 0.05) is 44.8 Å². The molecule has 0 bridgehead atoms. The van der Waals surface area contributed by atoms with Gasteiger partial charge in [-0.15, -0.1) is 0 Å². The highest BCUT2D eigenvalue weighted by Crippen LogP contribution is 2.35. The predicted molar refractivity (Wildman–Crippen MR) is 136 cm³/mol. The number of amides is 2. The summed E-state index contributed by atoms with van der Waals surface area (Å²) in [5.41, 5.74) is 1.09. The zero-order valence-electron chi connectivity index (χ0n) is 22.7. The number of morpholine rings is 1. The molecule has 5 rings (SSSR count). The quantitative estimate of drug-likeness (QED) is 0.629. The van der Waals surface area contributed by atoms with Crippen LogP contribution in [0, 0.1) is 11.6 Å². The van der Waals surface area contributed by atoms with Gasteiger partial charge in [-0.25, -0.2) is 18.6 Å². The Morgan fingerprint density at radius 2 is 1.90 bits per heavy atom. The molecule has 1 aromatic heterocycles. The van der Waals surface area contributed by atoms with Gasteiger partial charge in [-0.2, -0.15) is 0 Å². The minimum atomic E-state index is -0.884. The van der Waals surface area contributed by atoms with Crippen LogP contribution >= 0.6 is 0 Å². The van der Waals surface area contributed by atoms with E-state index in [4.69, 9.17) is 14.2 Å². The Bertz CT molecular complexity index is 1240. The number of aromatic nitrogens is 2. The lowest BCUT2D eigenvalue weighted by Gasteiger charge is -2.40. The van der Waals surface area contributed by atoms with Crippen molar-refractivity contribution in [1.29, 1.82) is 0 Å². The molecule has 0 spiro atoms. The number of carbonyl (C=O) groups is 2. The van der Waals surface area contributed by atoms with Gasteiger partial charge in [0.2, 0.25) is 0 Å². The maximum absolute atomic E-state index is 14.7. The number of imidazole rings is 1. The monoisotopic (exact) mass is 547 g/mol. The van der Waals surface area contributed by atoms with Crippen LogP contribution in [0.2, 0.25) is 0 Å². The Morgan fingerprint density at radius 1 is 1.15 bits per heavy atom. The summed E-state index contributed by atoms with van der Waals surface area (Å²) in [5, 5.41) is 2.83. The van der Waals surface area contributed by atoms with Gasteiger partial charge in [0.05, 0.1) is 37.3 Å². The molecule has 3 aliphatic heterocycles. The Kier molecular flexibility index (Phi) is 7.62. The van der Waals surface area contributed by atoms with Crippen LogP contribution in [0.5, 0.6) is 0 Å². The van der Waals surface area contributed by atoms with Crippen molar-refractivity contribution in [2.24, 2.45) is 7.05 Å². The van der Waals surface area contributed by atoms with Crippen molar-refractivity contribution in [3.63, 3.8) is 0 Å². The van der Waals surface area contributed by atoms with Gasteiger partial charge in [0.25, 0.3) is 5.91 Å². The molecular formula is C27H35F2N5O5. The fourth-order valence-corrected chi connectivity index (χ4v) is 5.41. The van der Waals surface area contributed by atoms with Crippen LogP contribution in [0.3, 0.4) is 0 Å². The van der Waals surface area contributed by atoms with Crippen LogP contribution in [-0.4, -0.2) is 81.9 Å². The lowest BCUT2D eigenvalue weighted by Crippen LogP contribution is -2.52. The van der Waals surface area contributed by atoms with Crippen LogP contribution in [-0.2, 0) is 34.3 Å². The van der Waals surface area contributed by atoms with Crippen molar-refractivity contribution in [3.05, 3.63) is 52.6 Å². The number of hydrogen-bond acceptors (Lipinski definition) is 7. The number of alkyl carbamates (subject to hydrolysis) is 1. The second kappa shape index (κ2) is 10.8. The summed E-state index contributed by atoms with van der Waals surface area (Å²) in [7, 11) is 1.84. The molecule has 2 amide bonds. The minimum Gasteiger partial charge on any atom is -0.444 e. The molecule has 0 saturated carbocycles. The van der Waals surface area contributed by atoms with E-state index in [2.05, 4.69) is 15.2 Å². The standard InChI is InChI=1S/C27H35F2N5O5/c1-27(2,3)39-26(36)31-20-12-17(15-38-23(20)18-11-16(28)5-6-19(18)29)34-13-21-22(14-34)32(4)24(30-21)25(35)33-7-9-37-10-8-33/h5-6,11,17,20,23H,7-10,12-15H2,1-4H3,(H,31,36)/t17-,20+,23-/m1/s1. The molecule has 3 aliphatic rings. The zero-order chi connectivity index (χ0) is 27.9. The fraction of sp³-hybridized carbons (Fsp3) is 0.593. The molecule has 3 atom stereocenters. The average Bonchev–Trinajstić information content (AvgIpc) is 3.44. The number of benzene rings is 1. The first-order valence-corrected chi connectivity index (χ1v) is 13.2. The average molecular weight is 548 g/mol. The van der Waals surface area contributed by atoms with Gasteiger partial charge in [-0.3, -0.25) is 9.69 Å². The van der Waals surface area contributed by atoms with Gasteiger partial charge in [0.1, 0.15) is 23.3 Å². The minimum absolute atomic E-state index is 0.0483. The van der Waals surface area contributed by atoms with Gasteiger partial charge < -0.3 is 29.0 Å². The Balaban J connectivity index is 1.31. The molecule has 212 valence electrons. The molecule has 12 heteroatoms. The molecule has 0 radical (unpaired) electrons. The van der Waals surface area contributed by atoms with Crippen LogP contribution in [0.1, 0.15) is 60.9 Å². The van der Waals surface area contributed by atoms with Gasteiger partial charge in [0.15, 0.2) is 5.82 Å². The highest BCUT2D eigenvalue weighted by atomic mass is 19.1. The van der Waals surface area contributed by atoms with E-state index in [1.807, 2.05) is 11.6 Å². The maximum atomic E-state index is 14.7. The van der Waals surface area contributed by atoms with E-state index < -0.39 is 35.5 Å². The Labute approximate surface area is 226 Å². The highest BCUT2D eigenvalue weighted by Gasteiger charge is 2.41. The van der Waals surface area contributed by atoms with Crippen LogP contribution in [0.4, 0.5) is 13.6 Å². The number of hydrogen-bond donors (Lipinski definition) is 1. The number of fused-ring (bicyclic) bond motifs is 1. The molecule has 10 nitrogen and oxygen atoms in total. The number of carbonyl (C=O) groups excluding carboxylic acids is 2. The van der Waals surface area contributed by atoms with Crippen LogP contribution < -0.4 is 5.32 Å². The van der Waals surface area contributed by atoms with E-state index in [9.17, 15) is 18.4 Å². The maximum Gasteiger partial charge on any atom is 0.407 e. The van der Waals surface area contributed by atoms with E-state index in [-0.39, 0.29) is 24.1 Å². The summed E-state index contributed by atoms with van der Waals surface area (Å²) in [4.78, 5) is 34.3. The second-order valence-corrected chi connectivity index (χ2v) is 11.3. The largest absolute Gasteiger partial charge is 0.444 e. The molecule has 0 aliphatic carbocycles. The Hall–Kier alpha value is -3.09. The lowest BCUT2D eigenvalue weighted by atomic mass is 9.92. The summed E-state index contributed by atoms with van der Waals surface area (Å²) < 4.78 is 47.4. The Morgan fingerprint density at radius 3 is 2.59 bits per heavy atom. The summed E-state index contributed by atoms with van der Waals surface area (Å²) in [5.74, 6) is -0.889. The van der Waals surface area contributed by atoms with Crippen molar-refractivity contribution >= 4 is 12.0 Å². The van der Waals surface area contributed by atoms with E-state index >= 15 is 0 Å². The molecule has 2 saturated heterocycles. The van der Waals surface area contributed by atoms with Gasteiger partial charge >= 0.3 is 6.09 Å². The van der Waals surface area contributed by atoms with Crippen LogP contribution in [0.25, 0.3) is 0 Å².